The Morgan fingerprint density at radius 3 is 2.37 bits per heavy atom. The molecule has 1 unspecified atom stereocenters. The molecule has 1 heterocycles. The van der Waals surface area contributed by atoms with Crippen LogP contribution in [-0.2, 0) is 41.2 Å². The number of urea groups is 1. The summed E-state index contributed by atoms with van der Waals surface area (Å²) in [6.45, 7) is 3.09. The highest BCUT2D eigenvalue weighted by Crippen LogP contribution is 2.38. The van der Waals surface area contributed by atoms with Crippen LogP contribution in [0.2, 0.25) is 0 Å². The number of nitriles is 1. The number of carbonyl (C=O) groups excluding carboxylic acids is 1. The van der Waals surface area contributed by atoms with E-state index in [2.05, 4.69) is 20.5 Å². The van der Waals surface area contributed by atoms with Crippen molar-refractivity contribution in [3.05, 3.63) is 46.2 Å². The maximum absolute atomic E-state index is 13.3. The summed E-state index contributed by atoms with van der Waals surface area (Å²) in [7, 11) is -3.68. The molecule has 0 saturated carbocycles. The zero-order valence-electron chi connectivity index (χ0n) is 16.9. The molecule has 3 N–H and O–H groups in total. The average molecular weight is 429 g/mol. The van der Waals surface area contributed by atoms with Crippen LogP contribution in [0.15, 0.2) is 32.3 Å². The number of amides is 2. The van der Waals surface area contributed by atoms with Crippen molar-refractivity contribution in [2.45, 2.75) is 63.1 Å². The summed E-state index contributed by atoms with van der Waals surface area (Å²) < 4.78 is 24.4. The number of anilines is 1. The monoisotopic (exact) mass is 428 g/mol. The number of aliphatic hydroxyl groups is 1. The van der Waals surface area contributed by atoms with Crippen LogP contribution in [0.1, 0.15) is 54.5 Å². The van der Waals surface area contributed by atoms with E-state index in [-0.39, 0.29) is 5.09 Å². The zero-order chi connectivity index (χ0) is 21.5. The molecule has 2 aliphatic carbocycles. The number of hydrogen-bond acceptors (Lipinski definition) is 5. The van der Waals surface area contributed by atoms with Gasteiger partial charge in [0.2, 0.25) is 15.0 Å². The van der Waals surface area contributed by atoms with Gasteiger partial charge in [0.1, 0.15) is 0 Å². The Bertz CT molecular complexity index is 1140. The van der Waals surface area contributed by atoms with Crippen molar-refractivity contribution in [2.24, 2.45) is 4.36 Å². The number of carbonyl (C=O) groups is 1. The van der Waals surface area contributed by atoms with Crippen LogP contribution in [0.4, 0.5) is 10.5 Å². The van der Waals surface area contributed by atoms with Crippen molar-refractivity contribution < 1.29 is 18.5 Å². The first-order valence-corrected chi connectivity index (χ1v) is 11.4. The second kappa shape index (κ2) is 7.45. The molecule has 0 spiro atoms. The number of nitrogens with zero attached hydrogens (tertiary/aromatic N) is 2. The van der Waals surface area contributed by atoms with Crippen molar-refractivity contribution in [1.82, 2.24) is 4.72 Å². The smallest absolute Gasteiger partial charge is 0.355 e. The van der Waals surface area contributed by atoms with E-state index in [1.807, 2.05) is 0 Å². The molecular weight excluding hydrogens is 404 g/mol. The number of hydrogen-bond donors (Lipinski definition) is 3. The molecule has 9 heteroatoms. The van der Waals surface area contributed by atoms with Gasteiger partial charge in [-0.25, -0.2) is 13.7 Å². The second-order valence-corrected chi connectivity index (χ2v) is 10.0. The van der Waals surface area contributed by atoms with Crippen molar-refractivity contribution in [2.75, 3.05) is 5.32 Å². The van der Waals surface area contributed by atoms with Gasteiger partial charge in [-0.05, 0) is 74.6 Å². The quantitative estimate of drug-likeness (QED) is 0.507. The topological polar surface area (TPSA) is 128 Å². The van der Waals surface area contributed by atoms with Gasteiger partial charge in [0.05, 0.1) is 11.9 Å². The molecule has 1 aromatic carbocycles. The molecule has 0 bridgehead atoms. The number of fused-ring (bicyclic) bond motifs is 2. The maximum Gasteiger partial charge on any atom is 0.355 e. The Balaban J connectivity index is 1.70. The van der Waals surface area contributed by atoms with Crippen molar-refractivity contribution in [1.29, 1.82) is 5.26 Å². The molecule has 0 fully saturated rings. The molecule has 8 nitrogen and oxygen atoms in total. The molecule has 0 aliphatic heterocycles. The van der Waals surface area contributed by atoms with Gasteiger partial charge in [0.15, 0.2) is 6.19 Å². The maximum atomic E-state index is 13.3. The van der Waals surface area contributed by atoms with Gasteiger partial charge in [-0.2, -0.15) is 5.26 Å². The summed E-state index contributed by atoms with van der Waals surface area (Å²) in [5.74, 6) is 0. The van der Waals surface area contributed by atoms with Crippen molar-refractivity contribution in [3.63, 3.8) is 0 Å². The Labute approximate surface area is 175 Å². The van der Waals surface area contributed by atoms with Crippen LogP contribution in [0.3, 0.4) is 0 Å². The fourth-order valence-electron chi connectivity index (χ4n) is 4.18. The first-order valence-electron chi connectivity index (χ1n) is 9.93. The van der Waals surface area contributed by atoms with Crippen molar-refractivity contribution >= 4 is 21.6 Å². The summed E-state index contributed by atoms with van der Waals surface area (Å²) in [4.78, 5) is 12.8. The highest BCUT2D eigenvalue weighted by atomic mass is 32.2. The van der Waals surface area contributed by atoms with E-state index in [0.29, 0.717) is 5.56 Å². The van der Waals surface area contributed by atoms with Crippen LogP contribution >= 0.6 is 0 Å². The molecule has 158 valence electrons. The van der Waals surface area contributed by atoms with Crippen LogP contribution < -0.4 is 10.0 Å². The molecule has 0 saturated heterocycles. The molecule has 30 heavy (non-hydrogen) atoms. The lowest BCUT2D eigenvalue weighted by molar-refractivity contribution is 0.0779. The Kier molecular flexibility index (Phi) is 5.08. The minimum Gasteiger partial charge on any atom is -0.452 e. The Hall–Kier alpha value is -2.83. The molecule has 2 aromatic rings. The van der Waals surface area contributed by atoms with Crippen LogP contribution in [0.25, 0.3) is 0 Å². The van der Waals surface area contributed by atoms with Gasteiger partial charge >= 0.3 is 6.03 Å². The van der Waals surface area contributed by atoms with E-state index in [0.717, 1.165) is 55.3 Å². The van der Waals surface area contributed by atoms with Crippen LogP contribution in [0.5, 0.6) is 0 Å². The third-order valence-corrected chi connectivity index (χ3v) is 7.21. The van der Waals surface area contributed by atoms with Gasteiger partial charge < -0.3 is 14.8 Å². The van der Waals surface area contributed by atoms with E-state index in [4.69, 9.17) is 9.68 Å². The van der Waals surface area contributed by atoms with Crippen LogP contribution in [-0.4, -0.2) is 15.3 Å². The lowest BCUT2D eigenvalue weighted by atomic mass is 9.99. The van der Waals surface area contributed by atoms with Crippen LogP contribution in [0, 0.1) is 11.5 Å². The average Bonchev–Trinajstić information content (AvgIpc) is 3.41. The summed E-state index contributed by atoms with van der Waals surface area (Å²) >= 11 is 0. The predicted molar refractivity (Wildman–Crippen MR) is 111 cm³/mol. The highest BCUT2D eigenvalue weighted by molar-refractivity contribution is 7.92. The first-order chi connectivity index (χ1) is 14.2. The molecule has 0 radical (unpaired) electrons. The number of aryl methyl sites for hydroxylation is 2. The third-order valence-electron chi connectivity index (χ3n) is 5.65. The molecule has 1 aromatic heterocycles. The largest absolute Gasteiger partial charge is 0.452 e. The summed E-state index contributed by atoms with van der Waals surface area (Å²) in [5, 5.41) is 21.8. The Morgan fingerprint density at radius 1 is 1.20 bits per heavy atom. The number of benzene rings is 1. The van der Waals surface area contributed by atoms with E-state index < -0.39 is 21.5 Å². The second-order valence-electron chi connectivity index (χ2n) is 8.21. The molecule has 2 aliphatic rings. The number of rotatable bonds is 4. The SMILES string of the molecule is CC(C)(O)c1coc(S(=O)(=NC(=O)Nc2c3c(cc4c2CCC4)CCC3)NC#N)c1. The molecular formula is C21H24N4O4S. The van der Waals surface area contributed by atoms with Crippen molar-refractivity contribution in [3.8, 4) is 6.19 Å². The predicted octanol–water partition coefficient (Wildman–Crippen LogP) is 3.53. The van der Waals surface area contributed by atoms with Gasteiger partial charge in [-0.15, -0.1) is 4.36 Å². The molecule has 2 amide bonds. The van der Waals surface area contributed by atoms with Gasteiger partial charge in [0.25, 0.3) is 0 Å². The third kappa shape index (κ3) is 3.68. The minimum atomic E-state index is -3.68. The van der Waals surface area contributed by atoms with E-state index in [1.165, 1.54) is 23.5 Å². The fourth-order valence-corrected chi connectivity index (χ4v) is 5.28. The molecule has 1 atom stereocenters. The summed E-state index contributed by atoms with van der Waals surface area (Å²) in [5.41, 5.74) is 4.66. The standard InChI is InChI=1S/C21H24N4O4S/c1-21(2,27)15-10-18(29-11-15)30(28,23-12-22)25-20(26)24-19-16-7-3-5-13(16)9-14-6-4-8-17(14)19/h9-11,27H,3-8H2,1-2H3,(H2,23,24,25,26,28). The van der Waals surface area contributed by atoms with E-state index >= 15 is 0 Å². The van der Waals surface area contributed by atoms with E-state index in [1.54, 1.807) is 20.0 Å². The number of furan rings is 1. The minimum absolute atomic E-state index is 0.195. The summed E-state index contributed by atoms with van der Waals surface area (Å²) in [6, 6.07) is 2.78. The first kappa shape index (κ1) is 20.4. The lowest BCUT2D eigenvalue weighted by Crippen LogP contribution is -2.22. The zero-order valence-corrected chi connectivity index (χ0v) is 17.8. The van der Waals surface area contributed by atoms with Gasteiger partial charge in [-0.1, -0.05) is 6.07 Å². The highest BCUT2D eigenvalue weighted by Gasteiger charge is 2.27. The summed E-state index contributed by atoms with van der Waals surface area (Å²) in [6.07, 6.45) is 8.65. The normalized spacial score (nSPS) is 16.9. The Morgan fingerprint density at radius 2 is 1.83 bits per heavy atom. The molecule has 4 rings (SSSR count). The fraction of sp³-hybridized carbons (Fsp3) is 0.429. The van der Waals surface area contributed by atoms with Gasteiger partial charge in [-0.3, -0.25) is 0 Å². The lowest BCUT2D eigenvalue weighted by Gasteiger charge is -2.15. The van der Waals surface area contributed by atoms with Gasteiger partial charge in [0, 0.05) is 17.3 Å². The van der Waals surface area contributed by atoms with E-state index in [9.17, 15) is 14.1 Å². The number of nitrogens with one attached hydrogen (secondary N) is 2.